The Morgan fingerprint density at radius 1 is 0.750 bits per heavy atom. The van der Waals surface area contributed by atoms with Crippen molar-refractivity contribution in [2.75, 3.05) is 7.11 Å². The van der Waals surface area contributed by atoms with Gasteiger partial charge < -0.3 is 21.7 Å². The largest absolute Gasteiger partial charge is 1.00 e. The van der Waals surface area contributed by atoms with Gasteiger partial charge in [0.2, 0.25) is 11.0 Å². The number of para-hydroxylation sites is 1. The van der Waals surface area contributed by atoms with Crippen molar-refractivity contribution in [3.63, 3.8) is 0 Å². The summed E-state index contributed by atoms with van der Waals surface area (Å²) in [5, 5.41) is 2.39. The molecule has 0 amide bonds. The average Bonchev–Trinajstić information content (AvgIpc) is 2.62. The lowest BCUT2D eigenvalue weighted by atomic mass is 9.95. The van der Waals surface area contributed by atoms with Gasteiger partial charge in [-0.1, -0.05) is 48.5 Å². The van der Waals surface area contributed by atoms with Gasteiger partial charge in [0, 0.05) is 17.7 Å². The first kappa shape index (κ1) is 16.5. The third-order valence-corrected chi connectivity index (χ3v) is 4.43. The first-order valence-corrected chi connectivity index (χ1v) is 7.74. The highest BCUT2D eigenvalue weighted by molar-refractivity contribution is 6.09. The number of methoxy groups -OCH3 is 1. The van der Waals surface area contributed by atoms with Gasteiger partial charge in [0.05, 0.1) is 17.9 Å². The zero-order valence-electron chi connectivity index (χ0n) is 13.7. The van der Waals surface area contributed by atoms with Gasteiger partial charge in [-0.05, 0) is 17.7 Å². The molecule has 3 aromatic carbocycles. The summed E-state index contributed by atoms with van der Waals surface area (Å²) in [6.07, 6.45) is 0. The number of ether oxygens (including phenoxy) is 1. The third-order valence-electron chi connectivity index (χ3n) is 4.43. The van der Waals surface area contributed by atoms with E-state index in [1.807, 2.05) is 18.2 Å². The summed E-state index contributed by atoms with van der Waals surface area (Å²) in [6, 6.07) is 25.3. The predicted octanol–water partition coefficient (Wildman–Crippen LogP) is 1.50. The lowest BCUT2D eigenvalue weighted by molar-refractivity contribution is -0.617. The minimum atomic E-state index is 0. The van der Waals surface area contributed by atoms with Crippen molar-refractivity contribution < 1.29 is 26.3 Å². The molecule has 24 heavy (non-hydrogen) atoms. The fourth-order valence-electron chi connectivity index (χ4n) is 3.37. The fourth-order valence-corrected chi connectivity index (χ4v) is 3.37. The summed E-state index contributed by atoms with van der Waals surface area (Å²) in [5.41, 5.74) is 4.82. The lowest BCUT2D eigenvalue weighted by Crippen LogP contribution is -3.00. The Morgan fingerprint density at radius 2 is 1.42 bits per heavy atom. The molecule has 2 nitrogen and oxygen atoms in total. The Kier molecular flexibility index (Phi) is 4.54. The maximum Gasteiger partial charge on any atom is 0.217 e. The van der Waals surface area contributed by atoms with E-state index < -0.39 is 0 Å². The minimum Gasteiger partial charge on any atom is -1.00 e. The third kappa shape index (κ3) is 2.45. The van der Waals surface area contributed by atoms with E-state index in [1.165, 1.54) is 27.5 Å². The van der Waals surface area contributed by atoms with Gasteiger partial charge in [-0.15, -0.1) is 0 Å². The number of hydrogen-bond donors (Lipinski definition) is 0. The SMILES string of the molecule is COc1cccc2c1c(-c1ccccc1)c1ccccc1[n+]2C.[Br-]. The van der Waals surface area contributed by atoms with Crippen LogP contribution in [0.2, 0.25) is 0 Å². The van der Waals surface area contributed by atoms with E-state index in [2.05, 4.69) is 66.2 Å². The molecule has 0 atom stereocenters. The summed E-state index contributed by atoms with van der Waals surface area (Å²) in [5.74, 6) is 0.905. The Bertz CT molecular complexity index is 1010. The Hall–Kier alpha value is -2.39. The van der Waals surface area contributed by atoms with E-state index in [-0.39, 0.29) is 17.0 Å². The summed E-state index contributed by atoms with van der Waals surface area (Å²) < 4.78 is 7.92. The van der Waals surface area contributed by atoms with Crippen LogP contribution in [0.5, 0.6) is 5.75 Å². The average molecular weight is 380 g/mol. The molecule has 4 rings (SSSR count). The van der Waals surface area contributed by atoms with Crippen LogP contribution in [-0.4, -0.2) is 7.11 Å². The van der Waals surface area contributed by atoms with Crippen molar-refractivity contribution in [1.82, 2.24) is 0 Å². The monoisotopic (exact) mass is 379 g/mol. The smallest absolute Gasteiger partial charge is 0.217 e. The zero-order valence-corrected chi connectivity index (χ0v) is 15.2. The van der Waals surface area contributed by atoms with E-state index in [0.717, 1.165) is 11.1 Å². The van der Waals surface area contributed by atoms with E-state index in [1.54, 1.807) is 7.11 Å². The van der Waals surface area contributed by atoms with Crippen LogP contribution in [-0.2, 0) is 7.05 Å². The highest BCUT2D eigenvalue weighted by Crippen LogP contribution is 2.38. The maximum atomic E-state index is 5.68. The van der Waals surface area contributed by atoms with Gasteiger partial charge in [0.1, 0.15) is 12.8 Å². The summed E-state index contributed by atoms with van der Waals surface area (Å²) in [7, 11) is 3.84. The van der Waals surface area contributed by atoms with Crippen LogP contribution in [0, 0.1) is 0 Å². The molecule has 1 aromatic heterocycles. The topological polar surface area (TPSA) is 13.1 Å². The minimum absolute atomic E-state index is 0. The van der Waals surface area contributed by atoms with Crippen LogP contribution >= 0.6 is 0 Å². The Labute approximate surface area is 152 Å². The van der Waals surface area contributed by atoms with Crippen LogP contribution in [0.15, 0.2) is 72.8 Å². The molecule has 4 aromatic rings. The highest BCUT2D eigenvalue weighted by Gasteiger charge is 2.21. The highest BCUT2D eigenvalue weighted by atomic mass is 79.9. The van der Waals surface area contributed by atoms with Crippen LogP contribution in [0.4, 0.5) is 0 Å². The van der Waals surface area contributed by atoms with Crippen molar-refractivity contribution >= 4 is 21.8 Å². The Morgan fingerprint density at radius 3 is 2.17 bits per heavy atom. The van der Waals surface area contributed by atoms with Crippen molar-refractivity contribution in [3.8, 4) is 16.9 Å². The van der Waals surface area contributed by atoms with Gasteiger partial charge in [0.25, 0.3) is 0 Å². The molecule has 1 heterocycles. The normalized spacial score (nSPS) is 10.6. The van der Waals surface area contributed by atoms with Gasteiger partial charge in [-0.25, -0.2) is 0 Å². The van der Waals surface area contributed by atoms with Crippen LogP contribution in [0.1, 0.15) is 0 Å². The van der Waals surface area contributed by atoms with Crippen molar-refractivity contribution in [3.05, 3.63) is 72.8 Å². The lowest BCUT2D eigenvalue weighted by Gasteiger charge is -2.13. The van der Waals surface area contributed by atoms with Gasteiger partial charge in [-0.2, -0.15) is 4.57 Å². The number of aromatic nitrogens is 1. The van der Waals surface area contributed by atoms with Crippen LogP contribution < -0.4 is 26.3 Å². The molecule has 0 bridgehead atoms. The molecule has 0 fully saturated rings. The van der Waals surface area contributed by atoms with E-state index >= 15 is 0 Å². The second-order valence-corrected chi connectivity index (χ2v) is 5.67. The van der Waals surface area contributed by atoms with Crippen LogP contribution in [0.3, 0.4) is 0 Å². The van der Waals surface area contributed by atoms with Gasteiger partial charge >= 0.3 is 0 Å². The molecule has 0 aliphatic heterocycles. The van der Waals surface area contributed by atoms with E-state index in [4.69, 9.17) is 4.74 Å². The van der Waals surface area contributed by atoms with Crippen molar-refractivity contribution in [2.24, 2.45) is 7.05 Å². The van der Waals surface area contributed by atoms with E-state index in [0.29, 0.717) is 0 Å². The number of fused-ring (bicyclic) bond motifs is 2. The summed E-state index contributed by atoms with van der Waals surface area (Å²) in [4.78, 5) is 0. The number of nitrogens with zero attached hydrogens (tertiary/aromatic N) is 1. The zero-order chi connectivity index (χ0) is 15.8. The second kappa shape index (κ2) is 6.62. The number of halogens is 1. The second-order valence-electron chi connectivity index (χ2n) is 5.67. The number of pyridine rings is 1. The first-order chi connectivity index (χ1) is 11.3. The van der Waals surface area contributed by atoms with Gasteiger partial charge in [0.15, 0.2) is 0 Å². The van der Waals surface area contributed by atoms with E-state index in [9.17, 15) is 0 Å². The predicted molar refractivity (Wildman–Crippen MR) is 94.6 cm³/mol. The maximum absolute atomic E-state index is 5.68. The molecule has 0 N–H and O–H groups in total. The molecule has 0 radical (unpaired) electrons. The molecule has 0 spiro atoms. The van der Waals surface area contributed by atoms with Gasteiger partial charge in [-0.3, -0.25) is 0 Å². The first-order valence-electron chi connectivity index (χ1n) is 7.74. The standard InChI is InChI=1S/C21H18NO.BrH/c1-22-17-12-7-6-11-16(17)20(15-9-4-3-5-10-15)21-18(22)13-8-14-19(21)23-2;/h3-14H,1-2H3;1H/q+1;/p-1. The number of aryl methyl sites for hydroxylation is 1. The fraction of sp³-hybridized carbons (Fsp3) is 0.0952. The Balaban J connectivity index is 0.00000169. The molecule has 0 saturated heterocycles. The molecular weight excluding hydrogens is 362 g/mol. The molecule has 0 aliphatic carbocycles. The molecule has 0 aliphatic rings. The number of rotatable bonds is 2. The number of benzene rings is 3. The molecule has 3 heteroatoms. The molecule has 120 valence electrons. The number of hydrogen-bond acceptors (Lipinski definition) is 1. The molecule has 0 saturated carbocycles. The summed E-state index contributed by atoms with van der Waals surface area (Å²) >= 11 is 0. The van der Waals surface area contributed by atoms with Crippen molar-refractivity contribution in [2.45, 2.75) is 0 Å². The van der Waals surface area contributed by atoms with Crippen LogP contribution in [0.25, 0.3) is 32.9 Å². The molecule has 0 unspecified atom stereocenters. The molecular formula is C21H18BrNO. The van der Waals surface area contributed by atoms with Crippen molar-refractivity contribution in [1.29, 1.82) is 0 Å². The summed E-state index contributed by atoms with van der Waals surface area (Å²) in [6.45, 7) is 0. The quantitative estimate of drug-likeness (QED) is 0.380.